The van der Waals surface area contributed by atoms with E-state index in [-0.39, 0.29) is 30.6 Å². The molecule has 0 saturated carbocycles. The molecule has 1 unspecified atom stereocenters. The molecule has 2 aromatic rings. The second-order valence-corrected chi connectivity index (χ2v) is 12.1. The van der Waals surface area contributed by atoms with Crippen molar-refractivity contribution in [2.75, 3.05) is 26.2 Å². The topological polar surface area (TPSA) is 31.5 Å². The molecule has 5 rings (SSSR count). The molecule has 37 heavy (non-hydrogen) atoms. The van der Waals surface area contributed by atoms with E-state index in [0.717, 1.165) is 35.2 Å². The number of para-hydroxylation sites is 1. The number of halogens is 3. The van der Waals surface area contributed by atoms with Gasteiger partial charge in [0.05, 0.1) is 18.2 Å². The molecule has 4 nitrogen and oxygen atoms in total. The van der Waals surface area contributed by atoms with Crippen LogP contribution in [0.4, 0.5) is 13.2 Å². The number of hydrogen-bond donors (Lipinski definition) is 1. The first-order valence-electron chi connectivity index (χ1n) is 13.7. The maximum absolute atomic E-state index is 16.1. The van der Waals surface area contributed by atoms with Crippen LogP contribution in [0.3, 0.4) is 0 Å². The van der Waals surface area contributed by atoms with Crippen molar-refractivity contribution in [3.8, 4) is 0 Å². The van der Waals surface area contributed by atoms with Gasteiger partial charge in [0, 0.05) is 47.2 Å². The maximum atomic E-state index is 16.1. The average Bonchev–Trinajstić information content (AvgIpc) is 3.47. The summed E-state index contributed by atoms with van der Waals surface area (Å²) in [6.07, 6.45) is 4.43. The molecule has 7 heteroatoms. The van der Waals surface area contributed by atoms with Gasteiger partial charge < -0.3 is 9.72 Å². The maximum Gasteiger partial charge on any atom is 0.129 e. The third-order valence-electron chi connectivity index (χ3n) is 8.26. The molecule has 1 N–H and O–H groups in total. The second kappa shape index (κ2) is 9.90. The molecule has 2 aliphatic heterocycles. The molecule has 0 amide bonds. The smallest absolute Gasteiger partial charge is 0.129 e. The highest BCUT2D eigenvalue weighted by Gasteiger charge is 2.44. The lowest BCUT2D eigenvalue weighted by atomic mass is 9.82. The van der Waals surface area contributed by atoms with Crippen LogP contribution in [0.1, 0.15) is 71.2 Å². The molecule has 1 aromatic carbocycles. The zero-order chi connectivity index (χ0) is 26.5. The quantitative estimate of drug-likeness (QED) is 0.433. The minimum absolute atomic E-state index is 0.00253. The fourth-order valence-corrected chi connectivity index (χ4v) is 6.40. The number of nitrogens with zero attached hydrogens (tertiary/aromatic N) is 2. The van der Waals surface area contributed by atoms with Crippen LogP contribution in [-0.2, 0) is 11.2 Å². The van der Waals surface area contributed by atoms with Crippen molar-refractivity contribution in [3.63, 3.8) is 0 Å². The van der Waals surface area contributed by atoms with Crippen molar-refractivity contribution in [2.45, 2.75) is 89.7 Å². The van der Waals surface area contributed by atoms with Gasteiger partial charge in [0.2, 0.25) is 0 Å². The zero-order valence-corrected chi connectivity index (χ0v) is 22.7. The lowest BCUT2D eigenvalue weighted by molar-refractivity contribution is -0.0271. The highest BCUT2D eigenvalue weighted by atomic mass is 19.1. The van der Waals surface area contributed by atoms with E-state index >= 15 is 8.78 Å². The summed E-state index contributed by atoms with van der Waals surface area (Å²) in [5, 5.41) is 1.05. The number of fused-ring (bicyclic) bond motifs is 3. The summed E-state index contributed by atoms with van der Waals surface area (Å²) < 4.78 is 53.2. The molecule has 4 atom stereocenters. The molecule has 3 aliphatic rings. The predicted molar refractivity (Wildman–Crippen MR) is 143 cm³/mol. The van der Waals surface area contributed by atoms with Gasteiger partial charge in [-0.25, -0.2) is 13.2 Å². The van der Waals surface area contributed by atoms with Crippen molar-refractivity contribution >= 4 is 10.9 Å². The largest absolute Gasteiger partial charge is 0.369 e. The molecular weight excluding hydrogens is 475 g/mol. The monoisotopic (exact) mass is 515 g/mol. The van der Waals surface area contributed by atoms with Crippen molar-refractivity contribution in [1.82, 2.24) is 14.8 Å². The summed E-state index contributed by atoms with van der Waals surface area (Å²) in [6.45, 7) is 11.5. The van der Waals surface area contributed by atoms with Crippen LogP contribution in [0.5, 0.6) is 0 Å². The molecule has 1 saturated heterocycles. The SMILES string of the molecule is C[C@H](COC1(C)C=C(F)C([C@@H]2c3[nH]c4ccccc4c3C[C@@H](C)N2CC(C)(C)F)=C(F)C1)N1CCCC1. The van der Waals surface area contributed by atoms with Crippen LogP contribution in [-0.4, -0.2) is 64.4 Å². The highest BCUT2D eigenvalue weighted by Crippen LogP contribution is 2.48. The first kappa shape index (κ1) is 26.5. The number of aromatic nitrogens is 1. The minimum atomic E-state index is -1.52. The van der Waals surface area contributed by atoms with Gasteiger partial charge in [-0.1, -0.05) is 18.2 Å². The number of nitrogens with one attached hydrogen (secondary N) is 1. The number of ether oxygens (including phenoxy) is 1. The van der Waals surface area contributed by atoms with E-state index in [0.29, 0.717) is 13.0 Å². The standard InChI is InChI=1S/C30H40F3N3O/c1-19-14-22-21-10-6-7-11-25(21)34-27(22)28(36(19)18-29(3,4)33)26-23(31)15-30(5,16-24(26)32)37-17-20(2)35-12-8-9-13-35/h6-7,10-11,15,19-20,28,34H,8-9,12-14,16-18H2,1-5H3/t19-,20-,28-,30?/m1/s1. The summed E-state index contributed by atoms with van der Waals surface area (Å²) >= 11 is 0. The van der Waals surface area contributed by atoms with E-state index in [4.69, 9.17) is 4.74 Å². The Labute approximate surface area is 218 Å². The predicted octanol–water partition coefficient (Wildman–Crippen LogP) is 6.94. The van der Waals surface area contributed by atoms with Gasteiger partial charge in [-0.05, 0) is 84.7 Å². The van der Waals surface area contributed by atoms with Crippen molar-refractivity contribution in [1.29, 1.82) is 0 Å². The number of benzene rings is 1. The van der Waals surface area contributed by atoms with Crippen LogP contribution >= 0.6 is 0 Å². The first-order valence-corrected chi connectivity index (χ1v) is 13.7. The lowest BCUT2D eigenvalue weighted by Crippen LogP contribution is -2.48. The van der Waals surface area contributed by atoms with Crippen LogP contribution in [0.25, 0.3) is 10.9 Å². The van der Waals surface area contributed by atoms with Crippen LogP contribution < -0.4 is 0 Å². The van der Waals surface area contributed by atoms with E-state index in [9.17, 15) is 4.39 Å². The fourth-order valence-electron chi connectivity index (χ4n) is 6.40. The van der Waals surface area contributed by atoms with Crippen molar-refractivity contribution < 1.29 is 17.9 Å². The molecule has 0 bridgehead atoms. The lowest BCUT2D eigenvalue weighted by Gasteiger charge is -2.44. The Morgan fingerprint density at radius 1 is 1.19 bits per heavy atom. The third-order valence-corrected chi connectivity index (χ3v) is 8.26. The molecule has 0 radical (unpaired) electrons. The normalized spacial score (nSPS) is 28.6. The fraction of sp³-hybridized carbons (Fsp3) is 0.600. The molecule has 3 heterocycles. The van der Waals surface area contributed by atoms with Gasteiger partial charge in [0.1, 0.15) is 17.3 Å². The molecule has 0 spiro atoms. The van der Waals surface area contributed by atoms with Crippen LogP contribution in [0, 0.1) is 0 Å². The number of aromatic amines is 1. The van der Waals surface area contributed by atoms with Gasteiger partial charge >= 0.3 is 0 Å². The first-order chi connectivity index (χ1) is 17.5. The second-order valence-electron chi connectivity index (χ2n) is 12.1. The third kappa shape index (κ3) is 5.27. The van der Waals surface area contributed by atoms with E-state index in [1.54, 1.807) is 6.92 Å². The molecule has 1 aromatic heterocycles. The summed E-state index contributed by atoms with van der Waals surface area (Å²) in [5.41, 5.74) is 0.140. The Hall–Kier alpha value is -2.09. The minimum Gasteiger partial charge on any atom is -0.369 e. The summed E-state index contributed by atoms with van der Waals surface area (Å²) in [4.78, 5) is 7.72. The van der Waals surface area contributed by atoms with Crippen molar-refractivity contribution in [2.24, 2.45) is 0 Å². The van der Waals surface area contributed by atoms with Gasteiger partial charge in [-0.2, -0.15) is 0 Å². The van der Waals surface area contributed by atoms with Crippen LogP contribution in [0.15, 0.2) is 47.6 Å². The van der Waals surface area contributed by atoms with Gasteiger partial charge in [0.25, 0.3) is 0 Å². The number of H-pyrrole nitrogens is 1. The van der Waals surface area contributed by atoms with Gasteiger partial charge in [0.15, 0.2) is 0 Å². The number of alkyl halides is 1. The Kier molecular flexibility index (Phi) is 7.09. The molecule has 1 aliphatic carbocycles. The summed E-state index contributed by atoms with van der Waals surface area (Å²) in [5.74, 6) is -1.15. The summed E-state index contributed by atoms with van der Waals surface area (Å²) in [7, 11) is 0. The highest BCUT2D eigenvalue weighted by molar-refractivity contribution is 5.85. The number of rotatable bonds is 7. The van der Waals surface area contributed by atoms with E-state index in [1.165, 1.54) is 32.8 Å². The van der Waals surface area contributed by atoms with E-state index in [1.807, 2.05) is 36.1 Å². The van der Waals surface area contributed by atoms with Gasteiger partial charge in [-0.3, -0.25) is 9.80 Å². The average molecular weight is 516 g/mol. The van der Waals surface area contributed by atoms with Crippen LogP contribution in [0.2, 0.25) is 0 Å². The Balaban J connectivity index is 1.49. The molecule has 202 valence electrons. The number of likely N-dealkylation sites (tertiary alicyclic amines) is 1. The Morgan fingerprint density at radius 3 is 2.57 bits per heavy atom. The van der Waals surface area contributed by atoms with Gasteiger partial charge in [-0.15, -0.1) is 0 Å². The number of hydrogen-bond acceptors (Lipinski definition) is 3. The molecular formula is C30H40F3N3O. The Morgan fingerprint density at radius 2 is 1.89 bits per heavy atom. The van der Waals surface area contributed by atoms with Crippen molar-refractivity contribution in [3.05, 3.63) is 58.8 Å². The summed E-state index contributed by atoms with van der Waals surface area (Å²) in [6, 6.07) is 7.28. The van der Waals surface area contributed by atoms with E-state index < -0.39 is 29.0 Å². The zero-order valence-electron chi connectivity index (χ0n) is 22.7. The van der Waals surface area contributed by atoms with E-state index in [2.05, 4.69) is 16.8 Å². The molecule has 1 fully saturated rings. The Bertz CT molecular complexity index is 1210.